The molecule has 1 aromatic rings. The number of fused-ring (bicyclic) bond motifs is 2. The Morgan fingerprint density at radius 1 is 0.973 bits per heavy atom. The van der Waals surface area contributed by atoms with E-state index in [1.54, 1.807) is 39.6 Å². The van der Waals surface area contributed by atoms with Gasteiger partial charge in [0, 0.05) is 38.0 Å². The lowest BCUT2D eigenvalue weighted by atomic mass is 9.74. The van der Waals surface area contributed by atoms with Crippen LogP contribution < -0.4 is 4.90 Å². The molecule has 4 heterocycles. The van der Waals surface area contributed by atoms with Crippen molar-refractivity contribution in [2.75, 3.05) is 38.2 Å². The number of aliphatic hydroxyl groups excluding tert-OH is 1. The summed E-state index contributed by atoms with van der Waals surface area (Å²) in [7, 11) is 1.77. The molecule has 4 aliphatic rings. The Balaban J connectivity index is 1.58. The van der Waals surface area contributed by atoms with Gasteiger partial charge in [-0.2, -0.15) is 0 Å². The number of thioether (sulfide) groups is 1. The van der Waals surface area contributed by atoms with E-state index in [9.17, 15) is 14.4 Å². The number of aliphatic hydroxyl groups is 1. The molecule has 5 atom stereocenters. The van der Waals surface area contributed by atoms with Crippen molar-refractivity contribution in [1.29, 1.82) is 0 Å². The fourth-order valence-corrected chi connectivity index (χ4v) is 8.91. The van der Waals surface area contributed by atoms with Crippen LogP contribution in [0.4, 0.5) is 5.69 Å². The quantitative estimate of drug-likeness (QED) is 0.420. The number of nitrogens with zero attached hydrogens (tertiary/aromatic N) is 3. The number of unbranched alkanes of at least 4 members (excludes halogenated alkanes) is 3. The predicted octanol–water partition coefficient (Wildman–Crippen LogP) is 3.51. The highest BCUT2D eigenvalue weighted by Gasteiger charge is 2.73. The summed E-state index contributed by atoms with van der Waals surface area (Å²) in [5.74, 6) is -1.52. The minimum absolute atomic E-state index is 0.0492. The number of likely N-dealkylation sites (N-methyl/N-ethyl adjacent to an activating group) is 1. The monoisotopic (exact) mass is 543 g/mol. The van der Waals surface area contributed by atoms with Crippen LogP contribution in [0.5, 0.6) is 0 Å². The van der Waals surface area contributed by atoms with Gasteiger partial charge in [0.05, 0.1) is 27.3 Å². The average molecular weight is 544 g/mol. The highest BCUT2D eigenvalue weighted by atomic mass is 35.5. The van der Waals surface area contributed by atoms with Crippen LogP contribution in [-0.2, 0) is 14.4 Å². The Hall–Kier alpha value is -2.29. The van der Waals surface area contributed by atoms with Crippen LogP contribution in [0, 0.1) is 11.8 Å². The number of amides is 3. The summed E-state index contributed by atoms with van der Waals surface area (Å²) in [5.41, 5.74) is 0.619. The third-order valence-electron chi connectivity index (χ3n) is 8.21. The van der Waals surface area contributed by atoms with Crippen molar-refractivity contribution in [3.05, 3.63) is 53.6 Å². The number of para-hydroxylation sites is 1. The number of halogens is 1. The van der Waals surface area contributed by atoms with Gasteiger partial charge in [-0.25, -0.2) is 0 Å². The van der Waals surface area contributed by atoms with Crippen molar-refractivity contribution in [2.24, 2.45) is 11.8 Å². The van der Waals surface area contributed by atoms with Gasteiger partial charge in [-0.15, -0.1) is 11.8 Å². The van der Waals surface area contributed by atoms with E-state index in [1.807, 2.05) is 43.4 Å². The van der Waals surface area contributed by atoms with Gasteiger partial charge in [-0.05, 0) is 31.9 Å². The van der Waals surface area contributed by atoms with Crippen LogP contribution >= 0.6 is 23.4 Å². The molecule has 1 aromatic carbocycles. The van der Waals surface area contributed by atoms with E-state index in [-0.39, 0.29) is 24.3 Å². The van der Waals surface area contributed by atoms with E-state index in [0.717, 1.165) is 25.7 Å². The van der Waals surface area contributed by atoms with E-state index >= 15 is 0 Å². The lowest BCUT2D eigenvalue weighted by Gasteiger charge is -2.37. The van der Waals surface area contributed by atoms with Gasteiger partial charge in [0.2, 0.25) is 11.8 Å². The summed E-state index contributed by atoms with van der Waals surface area (Å²) < 4.78 is -1.45. The van der Waals surface area contributed by atoms with Gasteiger partial charge in [-0.3, -0.25) is 14.4 Å². The highest BCUT2D eigenvalue weighted by molar-refractivity contribution is 8.02. The fourth-order valence-electron chi connectivity index (χ4n) is 6.52. The van der Waals surface area contributed by atoms with Crippen molar-refractivity contribution in [3.8, 4) is 0 Å². The lowest BCUT2D eigenvalue weighted by Crippen LogP contribution is -2.53. The number of hydrogen-bond acceptors (Lipinski definition) is 5. The maximum atomic E-state index is 14.4. The molecular formula is C28H34ClN3O4S. The molecule has 37 heavy (non-hydrogen) atoms. The largest absolute Gasteiger partial charge is 0.396 e. The van der Waals surface area contributed by atoms with Gasteiger partial charge in [0.25, 0.3) is 5.91 Å². The Kier molecular flexibility index (Phi) is 7.20. The maximum Gasteiger partial charge on any atom is 0.251 e. The van der Waals surface area contributed by atoms with Crippen LogP contribution in [0.25, 0.3) is 0 Å². The zero-order valence-corrected chi connectivity index (χ0v) is 22.9. The van der Waals surface area contributed by atoms with Crippen molar-refractivity contribution < 1.29 is 19.5 Å². The summed E-state index contributed by atoms with van der Waals surface area (Å²) in [4.78, 5) is 47.4. The molecular weight excluding hydrogens is 510 g/mol. The molecule has 0 aromatic heterocycles. The molecule has 7 nitrogen and oxygen atoms in total. The van der Waals surface area contributed by atoms with Gasteiger partial charge < -0.3 is 19.8 Å². The normalized spacial score (nSPS) is 32.9. The molecule has 198 valence electrons. The average Bonchev–Trinajstić information content (AvgIpc) is 3.14. The molecule has 9 heteroatoms. The molecule has 3 amide bonds. The number of carbonyl (C=O) groups excluding carboxylic acids is 3. The summed E-state index contributed by atoms with van der Waals surface area (Å²) in [5, 5.41) is 9.61. The fraction of sp³-hybridized carbons (Fsp3) is 0.536. The minimum Gasteiger partial charge on any atom is -0.396 e. The molecule has 4 aliphatic heterocycles. The van der Waals surface area contributed by atoms with Crippen LogP contribution in [0.15, 0.2) is 48.6 Å². The Bertz CT molecular complexity index is 1160. The first-order valence-electron chi connectivity index (χ1n) is 13.0. The highest BCUT2D eigenvalue weighted by Crippen LogP contribution is 2.65. The second kappa shape index (κ2) is 10.1. The molecule has 1 N–H and O–H groups in total. The molecule has 0 bridgehead atoms. The summed E-state index contributed by atoms with van der Waals surface area (Å²) in [6.45, 7) is 3.46. The number of hydrogen-bond donors (Lipinski definition) is 1. The van der Waals surface area contributed by atoms with E-state index < -0.39 is 27.4 Å². The van der Waals surface area contributed by atoms with Crippen molar-refractivity contribution in [1.82, 2.24) is 9.80 Å². The van der Waals surface area contributed by atoms with Crippen LogP contribution in [0.3, 0.4) is 0 Å². The molecule has 5 rings (SSSR count). The zero-order valence-electron chi connectivity index (χ0n) is 21.3. The van der Waals surface area contributed by atoms with E-state index in [2.05, 4.69) is 6.08 Å². The van der Waals surface area contributed by atoms with Crippen molar-refractivity contribution in [2.45, 2.75) is 48.1 Å². The van der Waals surface area contributed by atoms with Gasteiger partial charge in [0.1, 0.15) is 6.04 Å². The van der Waals surface area contributed by atoms with Crippen molar-refractivity contribution >= 4 is 46.8 Å². The third-order valence-corrected chi connectivity index (χ3v) is 10.3. The van der Waals surface area contributed by atoms with E-state index in [4.69, 9.17) is 16.7 Å². The topological polar surface area (TPSA) is 81.2 Å². The summed E-state index contributed by atoms with van der Waals surface area (Å²) >= 11 is 8.11. The lowest BCUT2D eigenvalue weighted by molar-refractivity contribution is -0.143. The number of likely N-dealkylation sites (tertiary alicyclic amines) is 1. The second-order valence-electron chi connectivity index (χ2n) is 10.6. The van der Waals surface area contributed by atoms with Gasteiger partial charge in [0.15, 0.2) is 0 Å². The predicted molar refractivity (Wildman–Crippen MR) is 146 cm³/mol. The first-order chi connectivity index (χ1) is 17.7. The first-order valence-corrected chi connectivity index (χ1v) is 14.2. The number of anilines is 1. The second-order valence-corrected chi connectivity index (χ2v) is 12.8. The molecule has 2 saturated heterocycles. The third kappa shape index (κ3) is 4.21. The van der Waals surface area contributed by atoms with E-state index in [0.29, 0.717) is 30.3 Å². The molecule has 0 aliphatic carbocycles. The summed E-state index contributed by atoms with van der Waals surface area (Å²) in [6, 6.07) is 6.53. The van der Waals surface area contributed by atoms with Gasteiger partial charge >= 0.3 is 0 Å². The molecule has 2 fully saturated rings. The Labute approximate surface area is 227 Å². The van der Waals surface area contributed by atoms with Crippen LogP contribution in [0.1, 0.15) is 32.6 Å². The number of carbonyl (C=O) groups is 3. The maximum absolute atomic E-state index is 14.4. The Morgan fingerprint density at radius 2 is 1.70 bits per heavy atom. The van der Waals surface area contributed by atoms with Crippen LogP contribution in [0.2, 0.25) is 5.02 Å². The summed E-state index contributed by atoms with van der Waals surface area (Å²) in [6.07, 6.45) is 11.2. The van der Waals surface area contributed by atoms with E-state index in [1.165, 1.54) is 0 Å². The zero-order chi connectivity index (χ0) is 26.4. The molecule has 0 radical (unpaired) electrons. The number of benzene rings is 1. The smallest absolute Gasteiger partial charge is 0.251 e. The molecule has 1 spiro atoms. The van der Waals surface area contributed by atoms with Crippen LogP contribution in [-0.4, -0.2) is 81.5 Å². The molecule has 1 unspecified atom stereocenters. The molecule has 0 saturated carbocycles. The Morgan fingerprint density at radius 3 is 2.46 bits per heavy atom. The number of rotatable bonds is 7. The van der Waals surface area contributed by atoms with Gasteiger partial charge in [-0.1, -0.05) is 60.9 Å². The first kappa shape index (κ1) is 26.3. The SMILES string of the molecule is CN1CC=C[C@@]2(C)S[C@]34C=CCN(c5ccccc5Cl)C(=O)C3N(CCCCCCO)C(=O)[C@@H]4[C@H]2C1=O. The minimum atomic E-state index is -0.854. The standard InChI is InChI=1S/C28H34ClN3O4S/c1-27-13-9-15-30(2)24(34)21(27)22-25(35)32(16-7-3-4-8-18-33)23-26(36)31(17-10-14-28(22,23)37-27)20-12-6-5-11-19(20)29/h5-6,9-14,21-23,33H,3-4,7-8,15-18H2,1-2H3/t21-,22-,23?,27+,28-/m0/s1. The van der Waals surface area contributed by atoms with Crippen molar-refractivity contribution in [3.63, 3.8) is 0 Å².